The van der Waals surface area contributed by atoms with Crippen molar-refractivity contribution in [2.45, 2.75) is 6.61 Å². The zero-order valence-corrected chi connectivity index (χ0v) is 12.6. The first-order chi connectivity index (χ1) is 9.47. The molecule has 2 aromatic carbocycles. The molecule has 0 spiro atoms. The van der Waals surface area contributed by atoms with E-state index in [9.17, 15) is 4.39 Å². The molecule has 0 saturated heterocycles. The van der Waals surface area contributed by atoms with E-state index >= 15 is 0 Å². The molecule has 0 saturated carbocycles. The van der Waals surface area contributed by atoms with E-state index in [-0.39, 0.29) is 12.4 Å². The number of nitrogens with one attached hydrogen (secondary N) is 1. The van der Waals surface area contributed by atoms with Crippen molar-refractivity contribution in [1.82, 2.24) is 0 Å². The predicted octanol–water partition coefficient (Wildman–Crippen LogP) is 4.10. The van der Waals surface area contributed by atoms with Crippen LogP contribution in [0.25, 0.3) is 0 Å². The van der Waals surface area contributed by atoms with E-state index in [0.717, 1.165) is 4.47 Å². The number of hydrogen-bond donors (Lipinski definition) is 2. The van der Waals surface area contributed by atoms with Crippen LogP contribution in [-0.4, -0.2) is 5.84 Å². The van der Waals surface area contributed by atoms with E-state index < -0.39 is 5.82 Å². The highest BCUT2D eigenvalue weighted by Crippen LogP contribution is 2.28. The number of halogens is 3. The molecule has 0 aliphatic rings. The second kappa shape index (κ2) is 6.24. The Morgan fingerprint density at radius 1 is 1.30 bits per heavy atom. The Kier molecular flexibility index (Phi) is 4.62. The smallest absolute Gasteiger partial charge is 0.139 e. The first-order valence-electron chi connectivity index (χ1n) is 5.68. The largest absolute Gasteiger partial charge is 0.487 e. The van der Waals surface area contributed by atoms with Gasteiger partial charge in [0, 0.05) is 15.6 Å². The summed E-state index contributed by atoms with van der Waals surface area (Å²) in [6.45, 7) is 0.0419. The Morgan fingerprint density at radius 3 is 2.70 bits per heavy atom. The first-order valence-corrected chi connectivity index (χ1v) is 6.85. The van der Waals surface area contributed by atoms with Gasteiger partial charge in [-0.05, 0) is 24.3 Å². The number of nitrogen functional groups attached to an aromatic ring is 1. The minimum absolute atomic E-state index is 0.0419. The maximum Gasteiger partial charge on any atom is 0.139 e. The third kappa shape index (κ3) is 3.49. The second-order valence-electron chi connectivity index (χ2n) is 4.08. The van der Waals surface area contributed by atoms with Gasteiger partial charge in [0.2, 0.25) is 0 Å². The lowest BCUT2D eigenvalue weighted by Gasteiger charge is -2.10. The molecule has 0 bridgehead atoms. The van der Waals surface area contributed by atoms with Crippen molar-refractivity contribution in [3.05, 3.63) is 62.8 Å². The molecule has 6 heteroatoms. The monoisotopic (exact) mass is 356 g/mol. The van der Waals surface area contributed by atoms with Gasteiger partial charge in [0.05, 0.1) is 5.02 Å². The first kappa shape index (κ1) is 14.8. The van der Waals surface area contributed by atoms with Crippen molar-refractivity contribution < 1.29 is 9.13 Å². The number of rotatable bonds is 4. The van der Waals surface area contributed by atoms with Crippen LogP contribution in [0.2, 0.25) is 5.02 Å². The molecule has 20 heavy (non-hydrogen) atoms. The van der Waals surface area contributed by atoms with Crippen LogP contribution in [0, 0.1) is 11.2 Å². The highest BCUT2D eigenvalue weighted by Gasteiger charge is 2.08. The second-order valence-corrected chi connectivity index (χ2v) is 5.41. The van der Waals surface area contributed by atoms with Crippen molar-refractivity contribution >= 4 is 33.4 Å². The quantitative estimate of drug-likeness (QED) is 0.639. The van der Waals surface area contributed by atoms with Gasteiger partial charge >= 0.3 is 0 Å². The summed E-state index contributed by atoms with van der Waals surface area (Å²) in [6, 6.07) is 9.52. The Morgan fingerprint density at radius 2 is 2.05 bits per heavy atom. The molecule has 0 aliphatic carbocycles. The molecule has 3 N–H and O–H groups in total. The lowest BCUT2D eigenvalue weighted by atomic mass is 10.1. The Balaban J connectivity index is 2.15. The van der Waals surface area contributed by atoms with E-state index in [0.29, 0.717) is 21.9 Å². The van der Waals surface area contributed by atoms with Crippen LogP contribution in [0.3, 0.4) is 0 Å². The third-order valence-corrected chi connectivity index (χ3v) is 3.45. The third-order valence-electron chi connectivity index (χ3n) is 2.64. The van der Waals surface area contributed by atoms with Gasteiger partial charge in [-0.3, -0.25) is 5.41 Å². The molecule has 3 nitrogen and oxygen atoms in total. The summed E-state index contributed by atoms with van der Waals surface area (Å²) in [5.41, 5.74) is 6.00. The van der Waals surface area contributed by atoms with Crippen molar-refractivity contribution in [2.24, 2.45) is 5.73 Å². The standard InChI is InChI=1S/C14H11BrClFN2O/c15-10-3-4-11(16)13(6-10)20-7-9-2-1-8(14(18)19)5-12(9)17/h1-6H,7H2,(H3,18,19). The molecule has 2 aromatic rings. The molecule has 0 unspecified atom stereocenters. The maximum absolute atomic E-state index is 13.8. The van der Waals surface area contributed by atoms with Crippen LogP contribution >= 0.6 is 27.5 Å². The molecule has 0 atom stereocenters. The summed E-state index contributed by atoms with van der Waals surface area (Å²) >= 11 is 9.30. The van der Waals surface area contributed by atoms with Crippen molar-refractivity contribution in [3.8, 4) is 5.75 Å². The van der Waals surface area contributed by atoms with Gasteiger partial charge in [-0.15, -0.1) is 0 Å². The Labute approximate surface area is 129 Å². The predicted molar refractivity (Wildman–Crippen MR) is 80.9 cm³/mol. The summed E-state index contributed by atoms with van der Waals surface area (Å²) in [6.07, 6.45) is 0. The average molecular weight is 358 g/mol. The van der Waals surface area contributed by atoms with Crippen molar-refractivity contribution in [2.75, 3.05) is 0 Å². The van der Waals surface area contributed by atoms with Crippen LogP contribution in [0.15, 0.2) is 40.9 Å². The fraction of sp³-hybridized carbons (Fsp3) is 0.0714. The number of ether oxygens (including phenoxy) is 1. The molecule has 0 radical (unpaired) electrons. The van der Waals surface area contributed by atoms with Gasteiger partial charge in [-0.25, -0.2) is 4.39 Å². The molecular weight excluding hydrogens is 347 g/mol. The van der Waals surface area contributed by atoms with Crippen LogP contribution in [-0.2, 0) is 6.61 Å². The average Bonchev–Trinajstić information content (AvgIpc) is 2.40. The van der Waals surface area contributed by atoms with Gasteiger partial charge in [0.25, 0.3) is 0 Å². The van der Waals surface area contributed by atoms with E-state index in [4.69, 9.17) is 27.5 Å². The van der Waals surface area contributed by atoms with E-state index in [2.05, 4.69) is 15.9 Å². The molecule has 0 aliphatic heterocycles. The summed E-state index contributed by atoms with van der Waals surface area (Å²) in [5.74, 6) is -0.175. The van der Waals surface area contributed by atoms with Crippen LogP contribution in [0.4, 0.5) is 4.39 Å². The summed E-state index contributed by atoms with van der Waals surface area (Å²) < 4.78 is 20.1. The number of hydrogen-bond acceptors (Lipinski definition) is 2. The fourth-order valence-electron chi connectivity index (χ4n) is 1.58. The number of nitrogens with two attached hydrogens (primary N) is 1. The lowest BCUT2D eigenvalue weighted by molar-refractivity contribution is 0.300. The van der Waals surface area contributed by atoms with E-state index in [1.54, 1.807) is 24.3 Å². The molecule has 0 amide bonds. The SMILES string of the molecule is N=C(N)c1ccc(COc2cc(Br)ccc2Cl)c(F)c1. The van der Waals surface area contributed by atoms with Crippen molar-refractivity contribution in [3.63, 3.8) is 0 Å². The zero-order chi connectivity index (χ0) is 14.7. The zero-order valence-electron chi connectivity index (χ0n) is 10.3. The number of amidine groups is 1. The van der Waals surface area contributed by atoms with Crippen LogP contribution in [0.5, 0.6) is 5.75 Å². The Hall–Kier alpha value is -1.59. The summed E-state index contributed by atoms with van der Waals surface area (Å²) in [7, 11) is 0. The topological polar surface area (TPSA) is 59.1 Å². The van der Waals surface area contributed by atoms with Gasteiger partial charge < -0.3 is 10.5 Å². The van der Waals surface area contributed by atoms with Gasteiger partial charge in [0.15, 0.2) is 0 Å². The highest BCUT2D eigenvalue weighted by molar-refractivity contribution is 9.10. The number of benzene rings is 2. The Bertz CT molecular complexity index is 664. The molecule has 0 heterocycles. The van der Waals surface area contributed by atoms with Crippen LogP contribution in [0.1, 0.15) is 11.1 Å². The van der Waals surface area contributed by atoms with Gasteiger partial charge in [0.1, 0.15) is 24.0 Å². The summed E-state index contributed by atoms with van der Waals surface area (Å²) in [4.78, 5) is 0. The van der Waals surface area contributed by atoms with Crippen molar-refractivity contribution in [1.29, 1.82) is 5.41 Å². The minimum atomic E-state index is -0.469. The molecule has 0 aromatic heterocycles. The minimum Gasteiger partial charge on any atom is -0.487 e. The van der Waals surface area contributed by atoms with E-state index in [1.807, 2.05) is 0 Å². The highest BCUT2D eigenvalue weighted by atomic mass is 79.9. The van der Waals surface area contributed by atoms with Crippen LogP contribution < -0.4 is 10.5 Å². The molecule has 0 fully saturated rings. The summed E-state index contributed by atoms with van der Waals surface area (Å²) in [5, 5.41) is 7.70. The van der Waals surface area contributed by atoms with Gasteiger partial charge in [-0.1, -0.05) is 39.7 Å². The normalized spacial score (nSPS) is 10.3. The molecule has 104 valence electrons. The lowest BCUT2D eigenvalue weighted by Crippen LogP contribution is -2.12. The van der Waals surface area contributed by atoms with E-state index in [1.165, 1.54) is 12.1 Å². The fourth-order valence-corrected chi connectivity index (χ4v) is 2.09. The maximum atomic E-state index is 13.8. The molecular formula is C14H11BrClFN2O. The van der Waals surface area contributed by atoms with Gasteiger partial charge in [-0.2, -0.15) is 0 Å². The molecule has 2 rings (SSSR count).